The number of hydrogen-bond donors (Lipinski definition) is 6. The van der Waals surface area contributed by atoms with Crippen molar-refractivity contribution in [1.82, 2.24) is 26.3 Å². The number of carboxylic acids is 1. The van der Waals surface area contributed by atoms with Gasteiger partial charge in [0.25, 0.3) is 5.96 Å². The number of carbonyl (C=O) groups excluding carboxylic acids is 5. The fourth-order valence-corrected chi connectivity index (χ4v) is 4.98. The van der Waals surface area contributed by atoms with Crippen LogP contribution in [0, 0.1) is 16.0 Å². The first-order valence-corrected chi connectivity index (χ1v) is 16.7. The Kier molecular flexibility index (Phi) is 20.4. The van der Waals surface area contributed by atoms with Crippen LogP contribution in [0.5, 0.6) is 0 Å². The number of esters is 1. The highest BCUT2D eigenvalue weighted by atomic mass is 16.7. The van der Waals surface area contributed by atoms with Gasteiger partial charge in [0.05, 0.1) is 13.5 Å². The van der Waals surface area contributed by atoms with E-state index in [1.54, 1.807) is 56.5 Å². The number of benzene rings is 1. The van der Waals surface area contributed by atoms with Crippen molar-refractivity contribution in [2.24, 2.45) is 16.6 Å². The molecule has 20 heteroatoms. The molecule has 0 aliphatic carbocycles. The number of aliphatic carboxylic acids is 1. The van der Waals surface area contributed by atoms with E-state index in [1.165, 1.54) is 0 Å². The van der Waals surface area contributed by atoms with Gasteiger partial charge in [0, 0.05) is 13.1 Å². The maximum Gasteiger partial charge on any atom is 0.408 e. The monoisotopic (exact) mass is 736 g/mol. The minimum Gasteiger partial charge on any atom is -0.678 e. The lowest BCUT2D eigenvalue weighted by Crippen LogP contribution is -2.58. The molecule has 0 unspecified atom stereocenters. The van der Waals surface area contributed by atoms with Crippen molar-refractivity contribution < 1.29 is 48.4 Å². The normalized spacial score (nSPS) is 15.5. The number of likely N-dealkylation sites (tertiary alicyclic amines) is 1. The van der Waals surface area contributed by atoms with E-state index in [1.807, 2.05) is 0 Å². The second kappa shape index (κ2) is 23.8. The van der Waals surface area contributed by atoms with Crippen LogP contribution in [0.1, 0.15) is 64.9 Å². The second-order valence-corrected chi connectivity index (χ2v) is 12.0. The van der Waals surface area contributed by atoms with Gasteiger partial charge in [0.15, 0.2) is 5.03 Å². The zero-order valence-corrected chi connectivity index (χ0v) is 29.8. The first kappa shape index (κ1) is 44.5. The molecule has 0 spiro atoms. The Bertz CT molecular complexity index is 1380. The molecule has 8 N–H and O–H groups in total. The lowest BCUT2D eigenvalue weighted by molar-refractivity contribution is -0.525. The fourth-order valence-electron chi connectivity index (χ4n) is 4.98. The van der Waals surface area contributed by atoms with Crippen LogP contribution >= 0.6 is 0 Å². The van der Waals surface area contributed by atoms with Crippen molar-refractivity contribution >= 4 is 41.7 Å². The van der Waals surface area contributed by atoms with E-state index in [-0.39, 0.29) is 51.3 Å². The summed E-state index contributed by atoms with van der Waals surface area (Å²) >= 11 is 0. The number of hydrazine groups is 1. The summed E-state index contributed by atoms with van der Waals surface area (Å²) < 4.78 is 9.84. The van der Waals surface area contributed by atoms with Crippen LogP contribution in [0.2, 0.25) is 0 Å². The molecule has 1 aliphatic rings. The highest BCUT2D eigenvalue weighted by Crippen LogP contribution is 2.20. The van der Waals surface area contributed by atoms with Crippen LogP contribution < -0.4 is 27.1 Å². The maximum atomic E-state index is 13.7. The highest BCUT2D eigenvalue weighted by Gasteiger charge is 2.38. The number of aliphatic imine (C=N–C) groups is 1. The van der Waals surface area contributed by atoms with Gasteiger partial charge in [-0.25, -0.2) is 24.7 Å². The lowest BCUT2D eigenvalue weighted by atomic mass is 10.0. The summed E-state index contributed by atoms with van der Waals surface area (Å²) in [5.74, 6) is -5.01. The average molecular weight is 737 g/mol. The standard InChI is InChI=1S/C30H44N8O11.C2H6N/c1-18(2)15-21(34-26(41)22(16-24(39)48-3)35-30(45)49-17-19-9-5-4-6-10-19)25(40)33-20(11-7-13-32-29(31)36-38(46)47)27(42)37-14-8-12-23(37)28(43)44;1-2-3/h4-6,9-10,18,20-23H,7-8,11-17H2,1-3H3,(H,33,40)(H,34,41)(H,35,45)(H,43,44)(H3,31,32,36);3H,2H2,1H3/q;-1/t20-,21-,22-,23-;/m0./s1. The molecule has 20 nitrogen and oxygen atoms in total. The number of nitrogens with one attached hydrogen (secondary N) is 5. The quantitative estimate of drug-likeness (QED) is 0.0305. The number of methoxy groups -OCH3 is 1. The van der Waals surface area contributed by atoms with Crippen LogP contribution in [0.15, 0.2) is 35.3 Å². The van der Waals surface area contributed by atoms with Gasteiger partial charge in [-0.3, -0.25) is 19.2 Å². The van der Waals surface area contributed by atoms with E-state index in [9.17, 15) is 44.0 Å². The first-order valence-electron chi connectivity index (χ1n) is 16.7. The van der Waals surface area contributed by atoms with Gasteiger partial charge in [-0.05, 0) is 43.6 Å². The Morgan fingerprint density at radius 3 is 2.27 bits per heavy atom. The van der Waals surface area contributed by atoms with Gasteiger partial charge in [-0.2, -0.15) is 6.54 Å². The molecule has 1 fully saturated rings. The van der Waals surface area contributed by atoms with Crippen LogP contribution in [-0.4, -0.2) is 108 Å². The van der Waals surface area contributed by atoms with Gasteiger partial charge in [-0.1, -0.05) is 56.5 Å². The SMILES string of the molecule is CC[NH-].COC(=O)C[C@H](NC(=O)OCc1ccccc1)C(=O)N[C@@H](CC(C)C)C(=O)N[C@@H](CCCN=C(N)N[N+](=O)[O-])C(=O)N1CCC[C@H]1C(=O)O. The number of hydrogen-bond acceptors (Lipinski definition) is 11. The minimum atomic E-state index is -1.49. The number of nitro groups is 1. The molecule has 0 bridgehead atoms. The maximum absolute atomic E-state index is 13.7. The molecule has 1 aromatic carbocycles. The topological polar surface area (TPSA) is 298 Å². The summed E-state index contributed by atoms with van der Waals surface area (Å²) in [6, 6.07) is 3.63. The molecule has 1 heterocycles. The van der Waals surface area contributed by atoms with Gasteiger partial charge in [0.2, 0.25) is 17.7 Å². The fraction of sp³-hybridized carbons (Fsp3) is 0.594. The molecule has 0 aromatic heterocycles. The van der Waals surface area contributed by atoms with E-state index in [2.05, 4.69) is 25.7 Å². The van der Waals surface area contributed by atoms with Gasteiger partial charge < -0.3 is 46.9 Å². The summed E-state index contributed by atoms with van der Waals surface area (Å²) in [7, 11) is 1.10. The molecule has 4 atom stereocenters. The zero-order valence-electron chi connectivity index (χ0n) is 29.8. The second-order valence-electron chi connectivity index (χ2n) is 12.0. The van der Waals surface area contributed by atoms with E-state index in [0.29, 0.717) is 18.5 Å². The molecule has 0 saturated carbocycles. The van der Waals surface area contributed by atoms with E-state index in [0.717, 1.165) is 12.0 Å². The van der Waals surface area contributed by atoms with E-state index in [4.69, 9.17) is 16.2 Å². The lowest BCUT2D eigenvalue weighted by Gasteiger charge is -2.29. The van der Waals surface area contributed by atoms with Crippen molar-refractivity contribution in [3.63, 3.8) is 0 Å². The van der Waals surface area contributed by atoms with Gasteiger partial charge in [0.1, 0.15) is 30.8 Å². The van der Waals surface area contributed by atoms with Crippen molar-refractivity contribution in [2.45, 2.75) is 90.1 Å². The number of carboxylic acid groups (broad SMARTS) is 1. The number of nitrogens with zero attached hydrogens (tertiary/aromatic N) is 3. The van der Waals surface area contributed by atoms with Gasteiger partial charge >= 0.3 is 18.0 Å². The Hall–Kier alpha value is -5.53. The minimum absolute atomic E-state index is 0.0508. The van der Waals surface area contributed by atoms with Crippen LogP contribution in [0.4, 0.5) is 4.79 Å². The molecule has 1 aromatic rings. The third-order valence-electron chi connectivity index (χ3n) is 7.33. The van der Waals surface area contributed by atoms with Crippen molar-refractivity contribution in [3.05, 3.63) is 51.7 Å². The summed E-state index contributed by atoms with van der Waals surface area (Å²) in [4.78, 5) is 92.6. The predicted molar refractivity (Wildman–Crippen MR) is 187 cm³/mol. The molecule has 52 heavy (non-hydrogen) atoms. The zero-order chi connectivity index (χ0) is 39.2. The van der Waals surface area contributed by atoms with Crippen molar-refractivity contribution in [2.75, 3.05) is 26.7 Å². The number of nitrogens with two attached hydrogens (primary N) is 1. The predicted octanol–water partition coefficient (Wildman–Crippen LogP) is 0.871. The largest absolute Gasteiger partial charge is 0.678 e. The summed E-state index contributed by atoms with van der Waals surface area (Å²) in [5, 5.41) is 26.8. The van der Waals surface area contributed by atoms with Crippen molar-refractivity contribution in [3.8, 4) is 0 Å². The van der Waals surface area contributed by atoms with E-state index >= 15 is 0 Å². The molecule has 4 amide bonds. The third-order valence-corrected chi connectivity index (χ3v) is 7.33. The van der Waals surface area contributed by atoms with Crippen LogP contribution in [0.3, 0.4) is 0 Å². The first-order chi connectivity index (χ1) is 24.6. The van der Waals surface area contributed by atoms with Crippen LogP contribution in [0.25, 0.3) is 5.73 Å². The summed E-state index contributed by atoms with van der Waals surface area (Å²) in [5.41, 5.74) is 14.0. The van der Waals surface area contributed by atoms with Gasteiger partial charge in [-0.15, -0.1) is 0 Å². The number of carbonyl (C=O) groups is 6. The molecular weight excluding hydrogens is 686 g/mol. The molecule has 2 rings (SSSR count). The Labute approximate surface area is 301 Å². The Morgan fingerprint density at radius 1 is 1.08 bits per heavy atom. The smallest absolute Gasteiger partial charge is 0.408 e. The average Bonchev–Trinajstić information content (AvgIpc) is 3.58. The molecule has 0 radical (unpaired) electrons. The molecule has 1 saturated heterocycles. The third kappa shape index (κ3) is 16.9. The molecule has 290 valence electrons. The number of amides is 4. The highest BCUT2D eigenvalue weighted by molar-refractivity contribution is 5.96. The molecular formula is C32H50N9O11-. The van der Waals surface area contributed by atoms with Crippen molar-refractivity contribution in [1.29, 1.82) is 0 Å². The Morgan fingerprint density at radius 2 is 1.69 bits per heavy atom. The van der Waals surface area contributed by atoms with Crippen LogP contribution in [-0.2, 0) is 40.1 Å². The number of guanidine groups is 1. The van der Waals surface area contributed by atoms with E-state index < -0.39 is 77.3 Å². The summed E-state index contributed by atoms with van der Waals surface area (Å²) in [6.45, 7) is 5.82. The summed E-state index contributed by atoms with van der Waals surface area (Å²) in [6.07, 6.45) is -0.783. The Balaban J connectivity index is 0.00000434. The number of rotatable bonds is 18. The number of ether oxygens (including phenoxy) is 2. The number of alkyl carbamates (subject to hydrolysis) is 1. The molecule has 1 aliphatic heterocycles.